The van der Waals surface area contributed by atoms with Gasteiger partial charge in [-0.05, 0) is 25.0 Å². The van der Waals surface area contributed by atoms with Gasteiger partial charge in [0, 0.05) is 28.1 Å². The third-order valence-electron chi connectivity index (χ3n) is 3.15. The second-order valence-corrected chi connectivity index (χ2v) is 6.71. The van der Waals surface area contributed by atoms with E-state index in [0.717, 1.165) is 22.9 Å². The quantitative estimate of drug-likeness (QED) is 0.710. The molecule has 1 aromatic carbocycles. The Labute approximate surface area is 142 Å². The van der Waals surface area contributed by atoms with E-state index < -0.39 is 5.97 Å². The summed E-state index contributed by atoms with van der Waals surface area (Å²) in [5.41, 5.74) is 0. The molecule has 7 heteroatoms. The lowest BCUT2D eigenvalue weighted by atomic mass is 10.2. The number of rotatable bonds is 7. The number of carboxylic acid groups (broad SMARTS) is 1. The molecule has 0 radical (unpaired) electrons. The fourth-order valence-electron chi connectivity index (χ4n) is 2.05. The first-order chi connectivity index (χ1) is 10.5. The van der Waals surface area contributed by atoms with Crippen molar-refractivity contribution >= 4 is 56.5 Å². The molecule has 1 aromatic heterocycles. The summed E-state index contributed by atoms with van der Waals surface area (Å²) in [4.78, 5) is 23.0. The summed E-state index contributed by atoms with van der Waals surface area (Å²) in [6.45, 7) is 0.504. The van der Waals surface area contributed by atoms with Crippen LogP contribution in [0.1, 0.15) is 35.4 Å². The zero-order chi connectivity index (χ0) is 16.1. The van der Waals surface area contributed by atoms with Crippen LogP contribution in [-0.2, 0) is 4.79 Å². The number of nitrogens with one attached hydrogen (secondary N) is 1. The van der Waals surface area contributed by atoms with Gasteiger partial charge in [0.25, 0.3) is 5.91 Å². The highest BCUT2D eigenvalue weighted by atomic mass is 35.5. The van der Waals surface area contributed by atoms with Crippen LogP contribution in [0, 0.1) is 0 Å². The Hall–Kier alpha value is -1.30. The highest BCUT2D eigenvalue weighted by molar-refractivity contribution is 7.21. The lowest BCUT2D eigenvalue weighted by Crippen LogP contribution is -2.23. The Morgan fingerprint density at radius 1 is 1.18 bits per heavy atom. The Bertz CT molecular complexity index is 699. The summed E-state index contributed by atoms with van der Waals surface area (Å²) in [6, 6.07) is 5.34. The maximum Gasteiger partial charge on any atom is 0.303 e. The Balaban J connectivity index is 1.90. The number of thiophene rings is 1. The van der Waals surface area contributed by atoms with Crippen LogP contribution in [0.5, 0.6) is 0 Å². The van der Waals surface area contributed by atoms with Crippen molar-refractivity contribution in [2.24, 2.45) is 0 Å². The van der Waals surface area contributed by atoms with Gasteiger partial charge in [-0.25, -0.2) is 0 Å². The number of aliphatic carboxylic acids is 1. The fraction of sp³-hybridized carbons (Fsp3) is 0.333. The third kappa shape index (κ3) is 4.35. The number of amides is 1. The summed E-state index contributed by atoms with van der Waals surface area (Å²) in [5.74, 6) is -1.000. The van der Waals surface area contributed by atoms with E-state index in [-0.39, 0.29) is 12.3 Å². The molecule has 4 nitrogen and oxygen atoms in total. The van der Waals surface area contributed by atoms with Gasteiger partial charge in [-0.15, -0.1) is 11.3 Å². The highest BCUT2D eigenvalue weighted by Crippen LogP contribution is 2.36. The minimum atomic E-state index is -0.792. The first kappa shape index (κ1) is 17.1. The first-order valence-corrected chi connectivity index (χ1v) is 8.44. The molecule has 118 valence electrons. The van der Waals surface area contributed by atoms with Crippen LogP contribution in [0.25, 0.3) is 10.1 Å². The number of unbranched alkanes of at least 4 members (excludes halogenated alkanes) is 2. The van der Waals surface area contributed by atoms with E-state index in [9.17, 15) is 9.59 Å². The van der Waals surface area contributed by atoms with Crippen molar-refractivity contribution in [1.29, 1.82) is 0 Å². The summed E-state index contributed by atoms with van der Waals surface area (Å²) >= 11 is 13.5. The van der Waals surface area contributed by atoms with E-state index in [1.54, 1.807) is 18.2 Å². The monoisotopic (exact) mass is 359 g/mol. The SMILES string of the molecule is O=C(O)CCCCCNC(=O)c1sc2cc(Cl)ccc2c1Cl. The molecule has 1 heterocycles. The van der Waals surface area contributed by atoms with Crippen LogP contribution in [0.15, 0.2) is 18.2 Å². The van der Waals surface area contributed by atoms with Crippen LogP contribution < -0.4 is 5.32 Å². The van der Waals surface area contributed by atoms with Crippen molar-refractivity contribution in [2.75, 3.05) is 6.54 Å². The summed E-state index contributed by atoms with van der Waals surface area (Å²) in [5, 5.41) is 13.2. The zero-order valence-corrected chi connectivity index (χ0v) is 14.0. The average Bonchev–Trinajstić information content (AvgIpc) is 2.78. The molecule has 1 amide bonds. The molecule has 0 aliphatic heterocycles. The number of benzene rings is 1. The molecule has 22 heavy (non-hydrogen) atoms. The molecular weight excluding hydrogens is 345 g/mol. The van der Waals surface area contributed by atoms with Crippen molar-refractivity contribution < 1.29 is 14.7 Å². The van der Waals surface area contributed by atoms with Gasteiger partial charge in [0.05, 0.1) is 5.02 Å². The van der Waals surface area contributed by atoms with Gasteiger partial charge in [-0.2, -0.15) is 0 Å². The lowest BCUT2D eigenvalue weighted by molar-refractivity contribution is -0.137. The lowest BCUT2D eigenvalue weighted by Gasteiger charge is -2.03. The molecule has 2 N–H and O–H groups in total. The third-order valence-corrected chi connectivity index (χ3v) is 5.04. The van der Waals surface area contributed by atoms with Gasteiger partial charge in [-0.3, -0.25) is 9.59 Å². The van der Waals surface area contributed by atoms with Crippen LogP contribution in [-0.4, -0.2) is 23.5 Å². The topological polar surface area (TPSA) is 66.4 Å². The molecule has 0 bridgehead atoms. The van der Waals surface area contributed by atoms with Crippen LogP contribution in [0.2, 0.25) is 10.0 Å². The standard InChI is InChI=1S/C15H15Cl2NO3S/c16-9-5-6-10-11(8-9)22-14(13(10)17)15(21)18-7-3-1-2-4-12(19)20/h5-6,8H,1-4,7H2,(H,18,21)(H,19,20). The predicted octanol–water partition coefficient (Wildman–Crippen LogP) is 4.58. The fourth-order valence-corrected chi connectivity index (χ4v) is 3.75. The molecule has 0 saturated carbocycles. The van der Waals surface area contributed by atoms with Crippen LogP contribution in [0.3, 0.4) is 0 Å². The molecule has 0 atom stereocenters. The van der Waals surface area contributed by atoms with Gasteiger partial charge in [0.15, 0.2) is 0 Å². The number of carbonyl (C=O) groups is 2. The molecular formula is C15H15Cl2NO3S. The van der Waals surface area contributed by atoms with Crippen molar-refractivity contribution in [3.05, 3.63) is 33.1 Å². The van der Waals surface area contributed by atoms with Gasteiger partial charge in [0.1, 0.15) is 4.88 Å². The Morgan fingerprint density at radius 3 is 2.68 bits per heavy atom. The molecule has 0 aliphatic carbocycles. The van der Waals surface area contributed by atoms with E-state index in [1.165, 1.54) is 11.3 Å². The van der Waals surface area contributed by atoms with Crippen molar-refractivity contribution in [3.8, 4) is 0 Å². The first-order valence-electron chi connectivity index (χ1n) is 6.86. The maximum atomic E-state index is 12.1. The molecule has 0 unspecified atom stereocenters. The second-order valence-electron chi connectivity index (χ2n) is 4.85. The van der Waals surface area contributed by atoms with E-state index in [0.29, 0.717) is 27.9 Å². The Morgan fingerprint density at radius 2 is 1.95 bits per heavy atom. The van der Waals surface area contributed by atoms with Gasteiger partial charge in [0.2, 0.25) is 0 Å². The normalized spacial score (nSPS) is 10.8. The number of halogens is 2. The molecule has 0 spiro atoms. The van der Waals surface area contributed by atoms with E-state index in [2.05, 4.69) is 5.32 Å². The van der Waals surface area contributed by atoms with Gasteiger partial charge >= 0.3 is 5.97 Å². The van der Waals surface area contributed by atoms with Gasteiger partial charge in [-0.1, -0.05) is 35.7 Å². The second kappa shape index (κ2) is 7.81. The molecule has 2 aromatic rings. The largest absolute Gasteiger partial charge is 0.481 e. The van der Waals surface area contributed by atoms with Crippen molar-refractivity contribution in [2.45, 2.75) is 25.7 Å². The van der Waals surface area contributed by atoms with Crippen LogP contribution in [0.4, 0.5) is 0 Å². The number of hydrogen-bond acceptors (Lipinski definition) is 3. The minimum Gasteiger partial charge on any atom is -0.481 e. The van der Waals surface area contributed by atoms with E-state index in [4.69, 9.17) is 28.3 Å². The highest BCUT2D eigenvalue weighted by Gasteiger charge is 2.16. The smallest absolute Gasteiger partial charge is 0.303 e. The predicted molar refractivity (Wildman–Crippen MR) is 90.3 cm³/mol. The molecule has 0 aliphatic rings. The summed E-state index contributed by atoms with van der Waals surface area (Å²) in [7, 11) is 0. The maximum absolute atomic E-state index is 12.1. The number of hydrogen-bond donors (Lipinski definition) is 2. The number of carbonyl (C=O) groups excluding carboxylic acids is 1. The van der Waals surface area contributed by atoms with E-state index in [1.807, 2.05) is 0 Å². The minimum absolute atomic E-state index is 0.164. The zero-order valence-electron chi connectivity index (χ0n) is 11.7. The van der Waals surface area contributed by atoms with E-state index >= 15 is 0 Å². The molecule has 2 rings (SSSR count). The van der Waals surface area contributed by atoms with Crippen molar-refractivity contribution in [1.82, 2.24) is 5.32 Å². The Kier molecular flexibility index (Phi) is 6.06. The molecule has 0 fully saturated rings. The summed E-state index contributed by atoms with van der Waals surface area (Å²) < 4.78 is 0.879. The van der Waals surface area contributed by atoms with Gasteiger partial charge < -0.3 is 10.4 Å². The number of carboxylic acids is 1. The van der Waals surface area contributed by atoms with Crippen molar-refractivity contribution in [3.63, 3.8) is 0 Å². The summed E-state index contributed by atoms with van der Waals surface area (Å²) in [6.07, 6.45) is 2.29. The average molecular weight is 360 g/mol. The number of fused-ring (bicyclic) bond motifs is 1. The van der Waals surface area contributed by atoms with Crippen LogP contribution >= 0.6 is 34.5 Å². The molecule has 0 saturated heterocycles.